The average Bonchev–Trinajstić information content (AvgIpc) is 1.88. The van der Waals surface area contributed by atoms with Gasteiger partial charge in [-0.3, -0.25) is 4.79 Å². The largest absolute Gasteiger partial charge is 0.354 e. The molecular formula is C5H10N2OS. The summed E-state index contributed by atoms with van der Waals surface area (Å²) in [6.07, 6.45) is 1.98. The number of piperazine rings is 1. The Balaban J connectivity index is 2.32. The number of hydrogen-bond acceptors (Lipinski definition) is 3. The normalized spacial score (nSPS) is 21.7. The first kappa shape index (κ1) is 6.89. The Labute approximate surface area is 58.9 Å². The zero-order valence-electron chi connectivity index (χ0n) is 5.39. The van der Waals surface area contributed by atoms with Crippen LogP contribution < -0.4 is 5.32 Å². The summed E-state index contributed by atoms with van der Waals surface area (Å²) >= 11 is 1.62. The molecule has 3 nitrogen and oxygen atoms in total. The van der Waals surface area contributed by atoms with Gasteiger partial charge in [0.15, 0.2) is 0 Å². The third-order valence-corrected chi connectivity index (χ3v) is 2.09. The minimum absolute atomic E-state index is 0.135. The van der Waals surface area contributed by atoms with Crippen molar-refractivity contribution >= 4 is 17.9 Å². The van der Waals surface area contributed by atoms with E-state index in [0.717, 1.165) is 13.1 Å². The van der Waals surface area contributed by atoms with Gasteiger partial charge in [-0.15, -0.1) is 0 Å². The van der Waals surface area contributed by atoms with Crippen LogP contribution in [0.2, 0.25) is 0 Å². The molecule has 4 heteroatoms. The summed E-state index contributed by atoms with van der Waals surface area (Å²) in [5.41, 5.74) is 0. The van der Waals surface area contributed by atoms with Crippen molar-refractivity contribution in [2.75, 3.05) is 25.9 Å². The van der Waals surface area contributed by atoms with E-state index in [2.05, 4.69) is 5.32 Å². The molecule has 52 valence electrons. The van der Waals surface area contributed by atoms with Gasteiger partial charge in [0.25, 0.3) is 0 Å². The maximum absolute atomic E-state index is 10.7. The van der Waals surface area contributed by atoms with Gasteiger partial charge in [0.2, 0.25) is 5.91 Å². The van der Waals surface area contributed by atoms with Crippen molar-refractivity contribution in [1.29, 1.82) is 0 Å². The number of carbonyl (C=O) groups is 1. The molecule has 0 spiro atoms. The number of hydrogen-bond donors (Lipinski definition) is 1. The van der Waals surface area contributed by atoms with Crippen molar-refractivity contribution in [1.82, 2.24) is 9.62 Å². The standard InChI is InChI=1S/C5H10N2OS/c1-9-7-3-2-6-5(8)4-7/h2-4H2,1H3,(H,6,8). The van der Waals surface area contributed by atoms with Gasteiger partial charge in [-0.1, -0.05) is 11.9 Å². The number of rotatable bonds is 1. The Morgan fingerprint density at radius 2 is 2.56 bits per heavy atom. The maximum atomic E-state index is 10.7. The van der Waals surface area contributed by atoms with E-state index in [9.17, 15) is 4.79 Å². The van der Waals surface area contributed by atoms with Crippen LogP contribution in [0, 0.1) is 0 Å². The van der Waals surface area contributed by atoms with Gasteiger partial charge in [-0.2, -0.15) is 0 Å². The van der Waals surface area contributed by atoms with E-state index in [1.807, 2.05) is 10.6 Å². The molecular weight excluding hydrogens is 136 g/mol. The van der Waals surface area contributed by atoms with E-state index < -0.39 is 0 Å². The molecule has 1 fully saturated rings. The molecule has 9 heavy (non-hydrogen) atoms. The highest BCUT2D eigenvalue weighted by molar-refractivity contribution is 7.96. The zero-order chi connectivity index (χ0) is 6.69. The highest BCUT2D eigenvalue weighted by Gasteiger charge is 2.13. The Morgan fingerprint density at radius 3 is 3.00 bits per heavy atom. The second-order valence-electron chi connectivity index (χ2n) is 1.90. The molecule has 0 aliphatic carbocycles. The van der Waals surface area contributed by atoms with Crippen LogP contribution in [0.4, 0.5) is 0 Å². The molecule has 0 atom stereocenters. The third-order valence-electron chi connectivity index (χ3n) is 1.26. The van der Waals surface area contributed by atoms with Crippen molar-refractivity contribution in [3.8, 4) is 0 Å². The molecule has 0 unspecified atom stereocenters. The second-order valence-corrected chi connectivity index (χ2v) is 2.78. The fourth-order valence-corrected chi connectivity index (χ4v) is 1.29. The summed E-state index contributed by atoms with van der Waals surface area (Å²) in [6, 6.07) is 0. The quantitative estimate of drug-likeness (QED) is 0.515. The second kappa shape index (κ2) is 3.08. The predicted octanol–water partition coefficient (Wildman–Crippen LogP) is -0.304. The third kappa shape index (κ3) is 1.87. The highest BCUT2D eigenvalue weighted by Crippen LogP contribution is 2.04. The lowest BCUT2D eigenvalue weighted by atomic mass is 10.4. The van der Waals surface area contributed by atoms with E-state index in [-0.39, 0.29) is 5.91 Å². The molecule has 1 N–H and O–H groups in total. The molecule has 0 bridgehead atoms. The monoisotopic (exact) mass is 146 g/mol. The number of carbonyl (C=O) groups excluding carboxylic acids is 1. The molecule has 1 heterocycles. The summed E-state index contributed by atoms with van der Waals surface area (Å²) < 4.78 is 2.04. The minimum Gasteiger partial charge on any atom is -0.354 e. The van der Waals surface area contributed by atoms with Gasteiger partial charge < -0.3 is 5.32 Å². The Kier molecular flexibility index (Phi) is 2.36. The Bertz CT molecular complexity index is 118. The highest BCUT2D eigenvalue weighted by atomic mass is 32.2. The van der Waals surface area contributed by atoms with Crippen LogP contribution in [0.5, 0.6) is 0 Å². The first-order valence-corrected chi connectivity index (χ1v) is 4.07. The van der Waals surface area contributed by atoms with Gasteiger partial charge in [0.1, 0.15) is 0 Å². The van der Waals surface area contributed by atoms with Gasteiger partial charge in [-0.25, -0.2) is 4.31 Å². The van der Waals surface area contributed by atoms with Gasteiger partial charge in [0, 0.05) is 13.1 Å². The molecule has 1 aliphatic heterocycles. The van der Waals surface area contributed by atoms with Gasteiger partial charge >= 0.3 is 0 Å². The first-order chi connectivity index (χ1) is 4.33. The van der Waals surface area contributed by atoms with E-state index in [1.165, 1.54) is 0 Å². The molecule has 1 amide bonds. The van der Waals surface area contributed by atoms with Crippen molar-refractivity contribution in [3.05, 3.63) is 0 Å². The first-order valence-electron chi connectivity index (χ1n) is 2.88. The average molecular weight is 146 g/mol. The summed E-state index contributed by atoms with van der Waals surface area (Å²) in [4.78, 5) is 10.7. The summed E-state index contributed by atoms with van der Waals surface area (Å²) in [5.74, 6) is 0.135. The molecule has 0 aromatic heterocycles. The fourth-order valence-electron chi connectivity index (χ4n) is 0.771. The fraction of sp³-hybridized carbons (Fsp3) is 0.800. The van der Waals surface area contributed by atoms with Gasteiger partial charge in [0.05, 0.1) is 6.54 Å². The summed E-state index contributed by atoms with van der Waals surface area (Å²) in [7, 11) is 0. The zero-order valence-corrected chi connectivity index (χ0v) is 6.20. The van der Waals surface area contributed by atoms with Crippen LogP contribution in [0.1, 0.15) is 0 Å². The van der Waals surface area contributed by atoms with Crippen LogP contribution in [0.3, 0.4) is 0 Å². The number of amides is 1. The maximum Gasteiger partial charge on any atom is 0.235 e. The molecule has 1 saturated heterocycles. The summed E-state index contributed by atoms with van der Waals surface area (Å²) in [5, 5.41) is 2.75. The SMILES string of the molecule is CSN1CCNC(=O)C1. The van der Waals surface area contributed by atoms with E-state index >= 15 is 0 Å². The van der Waals surface area contributed by atoms with Gasteiger partial charge in [-0.05, 0) is 6.26 Å². The van der Waals surface area contributed by atoms with Crippen LogP contribution in [-0.2, 0) is 4.79 Å². The van der Waals surface area contributed by atoms with E-state index in [1.54, 1.807) is 11.9 Å². The lowest BCUT2D eigenvalue weighted by Gasteiger charge is -2.23. The molecule has 1 rings (SSSR count). The molecule has 0 saturated carbocycles. The van der Waals surface area contributed by atoms with Crippen molar-refractivity contribution in [2.24, 2.45) is 0 Å². The summed E-state index contributed by atoms with van der Waals surface area (Å²) in [6.45, 7) is 2.30. The molecule has 1 aliphatic rings. The van der Waals surface area contributed by atoms with E-state index in [4.69, 9.17) is 0 Å². The predicted molar refractivity (Wildman–Crippen MR) is 38.1 cm³/mol. The Morgan fingerprint density at radius 1 is 1.78 bits per heavy atom. The van der Waals surface area contributed by atoms with Crippen molar-refractivity contribution < 1.29 is 4.79 Å². The van der Waals surface area contributed by atoms with Crippen molar-refractivity contribution in [2.45, 2.75) is 0 Å². The Hall–Kier alpha value is -0.220. The molecule has 0 aromatic rings. The topological polar surface area (TPSA) is 32.3 Å². The van der Waals surface area contributed by atoms with Crippen LogP contribution in [0.25, 0.3) is 0 Å². The van der Waals surface area contributed by atoms with Crippen LogP contribution in [-0.4, -0.2) is 36.1 Å². The van der Waals surface area contributed by atoms with Crippen LogP contribution in [0.15, 0.2) is 0 Å². The lowest BCUT2D eigenvalue weighted by Crippen LogP contribution is -2.44. The number of nitrogens with one attached hydrogen (secondary N) is 1. The van der Waals surface area contributed by atoms with E-state index in [0.29, 0.717) is 6.54 Å². The lowest BCUT2D eigenvalue weighted by molar-refractivity contribution is -0.122. The smallest absolute Gasteiger partial charge is 0.235 e. The van der Waals surface area contributed by atoms with Crippen molar-refractivity contribution in [3.63, 3.8) is 0 Å². The molecule has 0 radical (unpaired) electrons. The minimum atomic E-state index is 0.135. The van der Waals surface area contributed by atoms with Crippen LogP contribution >= 0.6 is 11.9 Å². The molecule has 0 aromatic carbocycles. The number of nitrogens with zero attached hydrogens (tertiary/aromatic N) is 1.